The molecule has 0 radical (unpaired) electrons. The van der Waals surface area contributed by atoms with Crippen LogP contribution in [0.5, 0.6) is 11.5 Å². The van der Waals surface area contributed by atoms with Gasteiger partial charge in [-0.3, -0.25) is 9.59 Å². The molecule has 154 valence electrons. The number of carbonyl (C=O) groups excluding carboxylic acids is 2. The van der Waals surface area contributed by atoms with Gasteiger partial charge in [-0.1, -0.05) is 29.8 Å². The van der Waals surface area contributed by atoms with Gasteiger partial charge in [0.1, 0.15) is 11.5 Å². The van der Waals surface area contributed by atoms with Crippen molar-refractivity contribution in [1.82, 2.24) is 4.90 Å². The Morgan fingerprint density at radius 3 is 2.52 bits per heavy atom. The number of hydrogen-bond acceptors (Lipinski definition) is 4. The van der Waals surface area contributed by atoms with Gasteiger partial charge in [-0.2, -0.15) is 0 Å². The lowest BCUT2D eigenvalue weighted by Crippen LogP contribution is -2.28. The van der Waals surface area contributed by atoms with E-state index >= 15 is 0 Å². The van der Waals surface area contributed by atoms with Gasteiger partial charge in [0.2, 0.25) is 11.8 Å². The summed E-state index contributed by atoms with van der Waals surface area (Å²) in [6.45, 7) is 7.78. The van der Waals surface area contributed by atoms with Crippen LogP contribution in [-0.2, 0) is 16.1 Å². The van der Waals surface area contributed by atoms with E-state index in [1.807, 2.05) is 51.1 Å². The molecule has 29 heavy (non-hydrogen) atoms. The fourth-order valence-electron chi connectivity index (χ4n) is 3.39. The minimum Gasteiger partial charge on any atom is -0.494 e. The number of nitrogens with one attached hydrogen (secondary N) is 1. The standard InChI is InChI=1S/C23H28N2O4/c1-4-28-19-10-11-21(29-5-2)20(13-19)24-23(27)18-12-22(26)25(15-18)14-17-8-6-16(3)7-9-17/h6-11,13,18H,4-5,12,14-15H2,1-3H3,(H,24,27). The van der Waals surface area contributed by atoms with Crippen molar-refractivity contribution in [2.75, 3.05) is 25.1 Å². The number of benzene rings is 2. The first-order valence-electron chi connectivity index (χ1n) is 10.0. The second-order valence-electron chi connectivity index (χ2n) is 7.17. The Bertz CT molecular complexity index is 864. The fourth-order valence-corrected chi connectivity index (χ4v) is 3.39. The Kier molecular flexibility index (Phi) is 6.75. The van der Waals surface area contributed by atoms with Crippen molar-refractivity contribution in [3.8, 4) is 11.5 Å². The second kappa shape index (κ2) is 9.45. The maximum absolute atomic E-state index is 12.8. The molecule has 0 aromatic heterocycles. The smallest absolute Gasteiger partial charge is 0.229 e. The molecule has 1 atom stereocenters. The lowest BCUT2D eigenvalue weighted by Gasteiger charge is -2.18. The summed E-state index contributed by atoms with van der Waals surface area (Å²) < 4.78 is 11.1. The second-order valence-corrected chi connectivity index (χ2v) is 7.17. The summed E-state index contributed by atoms with van der Waals surface area (Å²) in [5.41, 5.74) is 2.80. The van der Waals surface area contributed by atoms with E-state index in [2.05, 4.69) is 5.32 Å². The molecule has 3 rings (SSSR count). The number of carbonyl (C=O) groups is 2. The zero-order valence-electron chi connectivity index (χ0n) is 17.2. The molecular formula is C23H28N2O4. The molecule has 1 aliphatic rings. The molecule has 2 amide bonds. The van der Waals surface area contributed by atoms with Crippen molar-refractivity contribution in [2.45, 2.75) is 33.7 Å². The number of nitrogens with zero attached hydrogens (tertiary/aromatic N) is 1. The van der Waals surface area contributed by atoms with Gasteiger partial charge in [0.25, 0.3) is 0 Å². The van der Waals surface area contributed by atoms with Gasteiger partial charge in [-0.25, -0.2) is 0 Å². The maximum atomic E-state index is 12.8. The van der Waals surface area contributed by atoms with E-state index in [0.29, 0.717) is 43.5 Å². The molecule has 1 fully saturated rings. The summed E-state index contributed by atoms with van der Waals surface area (Å²) >= 11 is 0. The summed E-state index contributed by atoms with van der Waals surface area (Å²) in [6, 6.07) is 13.4. The number of aryl methyl sites for hydroxylation is 1. The minimum absolute atomic E-state index is 0.00109. The fraction of sp³-hybridized carbons (Fsp3) is 0.391. The summed E-state index contributed by atoms with van der Waals surface area (Å²) in [4.78, 5) is 27.0. The Labute approximate surface area is 171 Å². The predicted molar refractivity (Wildman–Crippen MR) is 112 cm³/mol. The lowest BCUT2D eigenvalue weighted by molar-refractivity contribution is -0.128. The molecule has 0 bridgehead atoms. The van der Waals surface area contributed by atoms with E-state index in [4.69, 9.17) is 9.47 Å². The first kappa shape index (κ1) is 20.7. The monoisotopic (exact) mass is 396 g/mol. The number of amides is 2. The highest BCUT2D eigenvalue weighted by Gasteiger charge is 2.34. The summed E-state index contributed by atoms with van der Waals surface area (Å²) in [5.74, 6) is 0.677. The van der Waals surface area contributed by atoms with Crippen LogP contribution in [0, 0.1) is 12.8 Å². The molecule has 1 unspecified atom stereocenters. The van der Waals surface area contributed by atoms with Crippen LogP contribution in [0.15, 0.2) is 42.5 Å². The molecule has 1 aliphatic heterocycles. The van der Waals surface area contributed by atoms with Crippen molar-refractivity contribution in [2.24, 2.45) is 5.92 Å². The Morgan fingerprint density at radius 1 is 1.10 bits per heavy atom. The number of rotatable bonds is 8. The molecule has 1 heterocycles. The van der Waals surface area contributed by atoms with E-state index in [0.717, 1.165) is 5.56 Å². The lowest BCUT2D eigenvalue weighted by atomic mass is 10.1. The maximum Gasteiger partial charge on any atom is 0.229 e. The number of ether oxygens (including phenoxy) is 2. The van der Waals surface area contributed by atoms with Crippen LogP contribution in [-0.4, -0.2) is 36.5 Å². The zero-order valence-corrected chi connectivity index (χ0v) is 17.2. The highest BCUT2D eigenvalue weighted by atomic mass is 16.5. The molecule has 2 aromatic carbocycles. The van der Waals surface area contributed by atoms with Crippen LogP contribution in [0.3, 0.4) is 0 Å². The molecular weight excluding hydrogens is 368 g/mol. The Balaban J connectivity index is 1.67. The summed E-state index contributed by atoms with van der Waals surface area (Å²) in [7, 11) is 0. The first-order valence-corrected chi connectivity index (χ1v) is 10.0. The zero-order chi connectivity index (χ0) is 20.8. The van der Waals surface area contributed by atoms with Crippen LogP contribution < -0.4 is 14.8 Å². The highest BCUT2D eigenvalue weighted by Crippen LogP contribution is 2.31. The van der Waals surface area contributed by atoms with Gasteiger partial charge in [-0.15, -0.1) is 0 Å². The van der Waals surface area contributed by atoms with Gasteiger partial charge in [0, 0.05) is 25.6 Å². The molecule has 6 heteroatoms. The predicted octanol–water partition coefficient (Wildman–Crippen LogP) is 3.78. The largest absolute Gasteiger partial charge is 0.494 e. The number of hydrogen-bond donors (Lipinski definition) is 1. The summed E-state index contributed by atoms with van der Waals surface area (Å²) in [5, 5.41) is 2.93. The third kappa shape index (κ3) is 5.28. The van der Waals surface area contributed by atoms with Crippen LogP contribution in [0.2, 0.25) is 0 Å². The molecule has 0 aliphatic carbocycles. The van der Waals surface area contributed by atoms with Crippen LogP contribution >= 0.6 is 0 Å². The van der Waals surface area contributed by atoms with Gasteiger partial charge in [0.15, 0.2) is 0 Å². The molecule has 1 saturated heterocycles. The molecule has 6 nitrogen and oxygen atoms in total. The molecule has 0 saturated carbocycles. The highest BCUT2D eigenvalue weighted by molar-refractivity contribution is 5.98. The average Bonchev–Trinajstić information content (AvgIpc) is 3.06. The van der Waals surface area contributed by atoms with Crippen molar-refractivity contribution in [3.63, 3.8) is 0 Å². The number of likely N-dealkylation sites (tertiary alicyclic amines) is 1. The van der Waals surface area contributed by atoms with Gasteiger partial charge < -0.3 is 19.7 Å². The van der Waals surface area contributed by atoms with E-state index in [-0.39, 0.29) is 18.2 Å². The minimum atomic E-state index is -0.391. The first-order chi connectivity index (χ1) is 14.0. The van der Waals surface area contributed by atoms with E-state index in [1.54, 1.807) is 17.0 Å². The normalized spacial score (nSPS) is 16.0. The quantitative estimate of drug-likeness (QED) is 0.737. The van der Waals surface area contributed by atoms with Crippen molar-refractivity contribution in [3.05, 3.63) is 53.6 Å². The van der Waals surface area contributed by atoms with Crippen molar-refractivity contribution < 1.29 is 19.1 Å². The third-order valence-electron chi connectivity index (χ3n) is 4.90. The molecule has 1 N–H and O–H groups in total. The summed E-state index contributed by atoms with van der Waals surface area (Å²) in [6.07, 6.45) is 0.215. The SMILES string of the molecule is CCOc1ccc(OCC)c(NC(=O)C2CC(=O)N(Cc3ccc(C)cc3)C2)c1. The van der Waals surface area contributed by atoms with Crippen molar-refractivity contribution >= 4 is 17.5 Å². The van der Waals surface area contributed by atoms with Gasteiger partial charge in [0.05, 0.1) is 24.8 Å². The van der Waals surface area contributed by atoms with Crippen LogP contribution in [0.1, 0.15) is 31.4 Å². The van der Waals surface area contributed by atoms with Crippen molar-refractivity contribution in [1.29, 1.82) is 0 Å². The molecule has 0 spiro atoms. The average molecular weight is 396 g/mol. The van der Waals surface area contributed by atoms with E-state index in [9.17, 15) is 9.59 Å². The Hall–Kier alpha value is -3.02. The van der Waals surface area contributed by atoms with E-state index in [1.165, 1.54) is 5.56 Å². The Morgan fingerprint density at radius 2 is 1.83 bits per heavy atom. The van der Waals surface area contributed by atoms with Crippen LogP contribution in [0.4, 0.5) is 5.69 Å². The van der Waals surface area contributed by atoms with Gasteiger partial charge in [-0.05, 0) is 38.5 Å². The number of anilines is 1. The molecule has 2 aromatic rings. The topological polar surface area (TPSA) is 67.9 Å². The van der Waals surface area contributed by atoms with E-state index < -0.39 is 5.92 Å². The van der Waals surface area contributed by atoms with Gasteiger partial charge >= 0.3 is 0 Å². The third-order valence-corrected chi connectivity index (χ3v) is 4.90. The van der Waals surface area contributed by atoms with Crippen LogP contribution in [0.25, 0.3) is 0 Å².